The summed E-state index contributed by atoms with van der Waals surface area (Å²) in [4.78, 5) is 11.1. The molecule has 0 spiro atoms. The molecule has 0 amide bonds. The average molecular weight is 214 g/mol. The van der Waals surface area contributed by atoms with E-state index in [1.165, 1.54) is 0 Å². The Morgan fingerprint density at radius 1 is 1.40 bits per heavy atom. The summed E-state index contributed by atoms with van der Waals surface area (Å²) in [5.41, 5.74) is 0. The number of hydrogen-bond donors (Lipinski definition) is 1. The number of carboxylic acid groups (broad SMARTS) is 1. The van der Waals surface area contributed by atoms with E-state index < -0.39 is 5.97 Å². The van der Waals surface area contributed by atoms with Crippen molar-refractivity contribution >= 4 is 5.97 Å². The predicted octanol–water partition coefficient (Wildman–Crippen LogP) is 2.55. The molecule has 1 aliphatic rings. The van der Waals surface area contributed by atoms with E-state index in [-0.39, 0.29) is 11.8 Å². The number of aliphatic carboxylic acids is 1. The summed E-state index contributed by atoms with van der Waals surface area (Å²) in [7, 11) is 0. The monoisotopic (exact) mass is 214 g/mol. The van der Waals surface area contributed by atoms with E-state index in [2.05, 4.69) is 6.92 Å². The topological polar surface area (TPSA) is 46.5 Å². The molecule has 0 saturated heterocycles. The van der Waals surface area contributed by atoms with Crippen molar-refractivity contribution in [2.75, 3.05) is 13.2 Å². The van der Waals surface area contributed by atoms with Gasteiger partial charge in [0.1, 0.15) is 0 Å². The molecule has 0 bridgehead atoms. The van der Waals surface area contributed by atoms with E-state index in [0.29, 0.717) is 19.1 Å². The Bertz CT molecular complexity index is 203. The van der Waals surface area contributed by atoms with E-state index in [1.54, 1.807) is 0 Å². The van der Waals surface area contributed by atoms with Gasteiger partial charge in [-0.15, -0.1) is 0 Å². The molecule has 0 radical (unpaired) electrons. The minimum Gasteiger partial charge on any atom is -0.481 e. The van der Waals surface area contributed by atoms with Gasteiger partial charge in [0.05, 0.1) is 12.5 Å². The van der Waals surface area contributed by atoms with Crippen LogP contribution in [0.4, 0.5) is 0 Å². The lowest BCUT2D eigenvalue weighted by Crippen LogP contribution is -2.33. The van der Waals surface area contributed by atoms with Crippen LogP contribution in [0.3, 0.4) is 0 Å². The summed E-state index contributed by atoms with van der Waals surface area (Å²) in [6.45, 7) is 5.43. The Kier molecular flexibility index (Phi) is 5.09. The van der Waals surface area contributed by atoms with Crippen molar-refractivity contribution in [1.29, 1.82) is 0 Å². The summed E-state index contributed by atoms with van der Waals surface area (Å²) in [6, 6.07) is 0. The molecule has 0 aromatic carbocycles. The standard InChI is InChI=1S/C12H22O3/c1-3-9-5-6-11(12(13)14)10(7-9)8-15-4-2/h9-11H,3-8H2,1-2H3,(H,13,14). The smallest absolute Gasteiger partial charge is 0.306 e. The van der Waals surface area contributed by atoms with Crippen LogP contribution in [-0.4, -0.2) is 24.3 Å². The van der Waals surface area contributed by atoms with Gasteiger partial charge < -0.3 is 9.84 Å². The maximum atomic E-state index is 11.1. The van der Waals surface area contributed by atoms with Crippen LogP contribution in [0.25, 0.3) is 0 Å². The van der Waals surface area contributed by atoms with Crippen molar-refractivity contribution < 1.29 is 14.6 Å². The molecule has 0 aromatic heterocycles. The van der Waals surface area contributed by atoms with E-state index in [0.717, 1.165) is 25.7 Å². The SMILES string of the molecule is CCOCC1CC(CC)CCC1C(=O)O. The quantitative estimate of drug-likeness (QED) is 0.765. The lowest BCUT2D eigenvalue weighted by molar-refractivity contribution is -0.146. The molecule has 88 valence electrons. The van der Waals surface area contributed by atoms with Gasteiger partial charge in [-0.2, -0.15) is 0 Å². The third-order valence-electron chi connectivity index (χ3n) is 3.52. The van der Waals surface area contributed by atoms with Gasteiger partial charge in [-0.1, -0.05) is 13.3 Å². The molecule has 3 atom stereocenters. The van der Waals surface area contributed by atoms with Gasteiger partial charge in [0.15, 0.2) is 0 Å². The predicted molar refractivity (Wildman–Crippen MR) is 58.7 cm³/mol. The fourth-order valence-corrected chi connectivity index (χ4v) is 2.51. The van der Waals surface area contributed by atoms with Gasteiger partial charge in [0.25, 0.3) is 0 Å². The molecule has 1 N–H and O–H groups in total. The maximum Gasteiger partial charge on any atom is 0.306 e. The van der Waals surface area contributed by atoms with Crippen LogP contribution >= 0.6 is 0 Å². The van der Waals surface area contributed by atoms with Gasteiger partial charge in [-0.3, -0.25) is 4.79 Å². The molecule has 3 nitrogen and oxygen atoms in total. The second-order valence-corrected chi connectivity index (χ2v) is 4.45. The molecular weight excluding hydrogens is 192 g/mol. The second-order valence-electron chi connectivity index (χ2n) is 4.45. The number of ether oxygens (including phenoxy) is 1. The summed E-state index contributed by atoms with van der Waals surface area (Å²) >= 11 is 0. The molecule has 1 aliphatic carbocycles. The first kappa shape index (κ1) is 12.5. The number of rotatable bonds is 5. The van der Waals surface area contributed by atoms with Crippen LogP contribution in [0.5, 0.6) is 0 Å². The van der Waals surface area contributed by atoms with Crippen LogP contribution in [0.15, 0.2) is 0 Å². The van der Waals surface area contributed by atoms with Crippen molar-refractivity contribution in [2.45, 2.75) is 39.5 Å². The third kappa shape index (κ3) is 3.49. The zero-order chi connectivity index (χ0) is 11.3. The molecule has 1 fully saturated rings. The van der Waals surface area contributed by atoms with E-state index >= 15 is 0 Å². The summed E-state index contributed by atoms with van der Waals surface area (Å²) in [5, 5.41) is 9.11. The van der Waals surface area contributed by atoms with E-state index in [4.69, 9.17) is 9.84 Å². The minimum absolute atomic E-state index is 0.181. The normalized spacial score (nSPS) is 31.5. The third-order valence-corrected chi connectivity index (χ3v) is 3.52. The molecule has 3 unspecified atom stereocenters. The Morgan fingerprint density at radius 2 is 2.13 bits per heavy atom. The first-order valence-corrected chi connectivity index (χ1v) is 5.99. The van der Waals surface area contributed by atoms with Gasteiger partial charge in [-0.05, 0) is 38.0 Å². The van der Waals surface area contributed by atoms with Crippen molar-refractivity contribution in [2.24, 2.45) is 17.8 Å². The molecule has 0 aliphatic heterocycles. The van der Waals surface area contributed by atoms with Crippen molar-refractivity contribution in [3.05, 3.63) is 0 Å². The van der Waals surface area contributed by atoms with Crippen molar-refractivity contribution in [3.63, 3.8) is 0 Å². The number of carbonyl (C=O) groups is 1. The fraction of sp³-hybridized carbons (Fsp3) is 0.917. The van der Waals surface area contributed by atoms with Crippen LogP contribution in [0.1, 0.15) is 39.5 Å². The van der Waals surface area contributed by atoms with Gasteiger partial charge in [0.2, 0.25) is 0 Å². The lowest BCUT2D eigenvalue weighted by atomic mass is 9.73. The minimum atomic E-state index is -0.644. The molecule has 1 saturated carbocycles. The Morgan fingerprint density at radius 3 is 2.67 bits per heavy atom. The second kappa shape index (κ2) is 6.11. The number of hydrogen-bond acceptors (Lipinski definition) is 2. The maximum absolute atomic E-state index is 11.1. The average Bonchev–Trinajstić information content (AvgIpc) is 2.25. The Hall–Kier alpha value is -0.570. The highest BCUT2D eigenvalue weighted by Gasteiger charge is 2.34. The highest BCUT2D eigenvalue weighted by atomic mass is 16.5. The molecule has 0 heterocycles. The fourth-order valence-electron chi connectivity index (χ4n) is 2.51. The Labute approximate surface area is 91.8 Å². The summed E-state index contributed by atoms with van der Waals surface area (Å²) in [5.74, 6) is 0.0980. The van der Waals surface area contributed by atoms with Crippen LogP contribution < -0.4 is 0 Å². The first-order chi connectivity index (χ1) is 7.19. The molecule has 1 rings (SSSR count). The molecular formula is C12H22O3. The van der Waals surface area contributed by atoms with E-state index in [9.17, 15) is 4.79 Å². The molecule has 15 heavy (non-hydrogen) atoms. The first-order valence-electron chi connectivity index (χ1n) is 5.99. The Balaban J connectivity index is 2.52. The van der Waals surface area contributed by atoms with Gasteiger partial charge >= 0.3 is 5.97 Å². The van der Waals surface area contributed by atoms with Gasteiger partial charge in [0, 0.05) is 6.61 Å². The van der Waals surface area contributed by atoms with Crippen LogP contribution in [0.2, 0.25) is 0 Å². The van der Waals surface area contributed by atoms with Gasteiger partial charge in [-0.25, -0.2) is 0 Å². The molecule has 3 heteroatoms. The number of carboxylic acids is 1. The van der Waals surface area contributed by atoms with Crippen LogP contribution in [0, 0.1) is 17.8 Å². The highest BCUT2D eigenvalue weighted by Crippen LogP contribution is 2.35. The largest absolute Gasteiger partial charge is 0.481 e. The lowest BCUT2D eigenvalue weighted by Gasteiger charge is -2.33. The summed E-state index contributed by atoms with van der Waals surface area (Å²) in [6.07, 6.45) is 4.07. The van der Waals surface area contributed by atoms with E-state index in [1.807, 2.05) is 6.92 Å². The van der Waals surface area contributed by atoms with Crippen LogP contribution in [-0.2, 0) is 9.53 Å². The zero-order valence-electron chi connectivity index (χ0n) is 9.74. The molecule has 0 aromatic rings. The van der Waals surface area contributed by atoms with Crippen molar-refractivity contribution in [3.8, 4) is 0 Å². The highest BCUT2D eigenvalue weighted by molar-refractivity contribution is 5.70. The zero-order valence-corrected chi connectivity index (χ0v) is 9.74. The summed E-state index contributed by atoms with van der Waals surface area (Å²) < 4.78 is 5.38. The van der Waals surface area contributed by atoms with Crippen molar-refractivity contribution in [1.82, 2.24) is 0 Å².